The van der Waals surface area contributed by atoms with Crippen molar-refractivity contribution in [3.63, 3.8) is 0 Å². The van der Waals surface area contributed by atoms with Gasteiger partial charge in [-0.05, 0) is 12.5 Å². The molecule has 2 aliphatic rings. The monoisotopic (exact) mass is 316 g/mol. The number of nitrogens with zero attached hydrogens (tertiary/aromatic N) is 1. The molecule has 3 unspecified atom stereocenters. The molecule has 5 nitrogen and oxygen atoms in total. The van der Waals surface area contributed by atoms with E-state index in [1.54, 1.807) is 24.4 Å². The van der Waals surface area contributed by atoms with Crippen LogP contribution < -0.4 is 10.1 Å². The molecule has 0 radical (unpaired) electrons. The molecule has 3 atom stereocenters. The average molecular weight is 316 g/mol. The van der Waals surface area contributed by atoms with Crippen molar-refractivity contribution in [2.24, 2.45) is 0 Å². The minimum absolute atomic E-state index is 0.0245. The Hall–Kier alpha value is -1.83. The molecule has 0 amide bonds. The molecule has 2 fully saturated rings. The Morgan fingerprint density at radius 2 is 2.23 bits per heavy atom. The van der Waals surface area contributed by atoms with Gasteiger partial charge in [0, 0.05) is 37.6 Å². The zero-order chi connectivity index (χ0) is 15.8. The minimum atomic E-state index is -5.00. The summed E-state index contributed by atoms with van der Waals surface area (Å²) in [6.07, 6.45) is -1.96. The molecule has 8 heteroatoms. The number of carbonyl (C=O) groups excluding carboxylic acids is 1. The van der Waals surface area contributed by atoms with E-state index in [-0.39, 0.29) is 18.6 Å². The highest BCUT2D eigenvalue weighted by atomic mass is 19.4. The molecule has 22 heavy (non-hydrogen) atoms. The third-order valence-electron chi connectivity index (χ3n) is 3.91. The van der Waals surface area contributed by atoms with Crippen LogP contribution in [0.1, 0.15) is 25.7 Å². The molecule has 2 bridgehead atoms. The Kier molecular flexibility index (Phi) is 3.72. The first-order valence-corrected chi connectivity index (χ1v) is 7.02. The fourth-order valence-electron chi connectivity index (χ4n) is 3.06. The highest BCUT2D eigenvalue weighted by Crippen LogP contribution is 2.39. The molecule has 0 spiro atoms. The summed E-state index contributed by atoms with van der Waals surface area (Å²) in [4.78, 5) is 15.2. The second-order valence-corrected chi connectivity index (χ2v) is 5.61. The summed E-state index contributed by atoms with van der Waals surface area (Å²) in [7, 11) is 0. The third kappa shape index (κ3) is 3.16. The van der Waals surface area contributed by atoms with Gasteiger partial charge in [-0.15, -0.1) is 0 Å². The summed E-state index contributed by atoms with van der Waals surface area (Å²) in [5, 5.41) is 2.98. The van der Waals surface area contributed by atoms with Crippen molar-refractivity contribution in [1.82, 2.24) is 10.3 Å². The summed E-state index contributed by atoms with van der Waals surface area (Å²) >= 11 is 0. The summed E-state index contributed by atoms with van der Waals surface area (Å²) in [6.45, 7) is 0. The number of esters is 1. The molecular weight excluding hydrogens is 301 g/mol. The Labute approximate surface area is 124 Å². The smallest absolute Gasteiger partial charge is 0.474 e. The van der Waals surface area contributed by atoms with Gasteiger partial charge >= 0.3 is 12.1 Å². The van der Waals surface area contributed by atoms with E-state index >= 15 is 0 Å². The van der Waals surface area contributed by atoms with E-state index in [9.17, 15) is 18.0 Å². The van der Waals surface area contributed by atoms with Gasteiger partial charge in [-0.25, -0.2) is 9.78 Å². The molecule has 1 aromatic heterocycles. The molecule has 3 rings (SSSR count). The Balaban J connectivity index is 1.69. The normalized spacial score (nSPS) is 30.9. The van der Waals surface area contributed by atoms with Crippen molar-refractivity contribution in [2.45, 2.75) is 49.7 Å². The van der Waals surface area contributed by atoms with E-state index in [4.69, 9.17) is 9.47 Å². The maximum atomic E-state index is 12.4. The number of fused-ring (bicyclic) bond motifs is 2. The van der Waals surface area contributed by atoms with Crippen molar-refractivity contribution < 1.29 is 27.4 Å². The van der Waals surface area contributed by atoms with Crippen molar-refractivity contribution >= 4 is 5.97 Å². The molecule has 3 heterocycles. The SMILES string of the molecule is O=C(OC12CCC(CC(Oc3ccccn3)C1)N2)C(F)(F)F. The van der Waals surface area contributed by atoms with E-state index in [2.05, 4.69) is 10.3 Å². The van der Waals surface area contributed by atoms with Gasteiger partial charge in [0.2, 0.25) is 5.88 Å². The summed E-state index contributed by atoms with van der Waals surface area (Å²) in [5.74, 6) is -1.76. The first-order valence-electron chi connectivity index (χ1n) is 7.02. The van der Waals surface area contributed by atoms with Crippen LogP contribution in [0.4, 0.5) is 13.2 Å². The van der Waals surface area contributed by atoms with Crippen LogP contribution in [0.25, 0.3) is 0 Å². The lowest BCUT2D eigenvalue weighted by atomic mass is 9.99. The second-order valence-electron chi connectivity index (χ2n) is 5.61. The maximum Gasteiger partial charge on any atom is 0.490 e. The lowest BCUT2D eigenvalue weighted by Crippen LogP contribution is -2.56. The quantitative estimate of drug-likeness (QED) is 0.866. The Bertz CT molecular complexity index is 552. The largest absolute Gasteiger partial charge is 0.490 e. The highest BCUT2D eigenvalue weighted by Gasteiger charge is 2.53. The van der Waals surface area contributed by atoms with Gasteiger partial charge in [-0.3, -0.25) is 5.32 Å². The molecule has 0 aromatic carbocycles. The number of ether oxygens (including phenoxy) is 2. The van der Waals surface area contributed by atoms with Crippen LogP contribution in [0.5, 0.6) is 5.88 Å². The molecule has 120 valence electrons. The highest BCUT2D eigenvalue weighted by molar-refractivity contribution is 5.76. The third-order valence-corrected chi connectivity index (χ3v) is 3.91. The maximum absolute atomic E-state index is 12.4. The first kappa shape index (κ1) is 15.1. The molecular formula is C14H15F3N2O3. The predicted octanol–water partition coefficient (Wildman–Crippen LogP) is 2.18. The average Bonchev–Trinajstić information content (AvgIpc) is 2.74. The number of halogens is 3. The number of rotatable bonds is 3. The molecule has 0 aliphatic carbocycles. The van der Waals surface area contributed by atoms with Gasteiger partial charge in [-0.1, -0.05) is 6.07 Å². The van der Waals surface area contributed by atoms with Crippen molar-refractivity contribution in [3.8, 4) is 5.88 Å². The number of carbonyl (C=O) groups is 1. The van der Waals surface area contributed by atoms with E-state index < -0.39 is 17.9 Å². The zero-order valence-corrected chi connectivity index (χ0v) is 11.6. The number of piperidine rings is 1. The van der Waals surface area contributed by atoms with Gasteiger partial charge in [0.1, 0.15) is 6.10 Å². The second kappa shape index (κ2) is 5.42. The van der Waals surface area contributed by atoms with Crippen LogP contribution >= 0.6 is 0 Å². The standard InChI is InChI=1S/C14H15F3N2O3/c15-14(16,17)12(20)22-13-5-4-9(19-13)7-10(8-13)21-11-3-1-2-6-18-11/h1-3,6,9-10,19H,4-5,7-8H2. The van der Waals surface area contributed by atoms with Crippen molar-refractivity contribution in [2.75, 3.05) is 0 Å². The number of nitrogens with one attached hydrogen (secondary N) is 1. The van der Waals surface area contributed by atoms with Crippen LogP contribution in [0.3, 0.4) is 0 Å². The molecule has 2 aliphatic heterocycles. The lowest BCUT2D eigenvalue weighted by Gasteiger charge is -2.38. The molecule has 1 N–H and O–H groups in total. The van der Waals surface area contributed by atoms with Crippen LogP contribution in [0, 0.1) is 0 Å². The number of alkyl halides is 3. The fraction of sp³-hybridized carbons (Fsp3) is 0.571. The van der Waals surface area contributed by atoms with Gasteiger partial charge in [0.15, 0.2) is 5.72 Å². The number of hydrogen-bond acceptors (Lipinski definition) is 5. The molecule has 1 aromatic rings. The fourth-order valence-corrected chi connectivity index (χ4v) is 3.06. The zero-order valence-electron chi connectivity index (χ0n) is 11.6. The predicted molar refractivity (Wildman–Crippen MR) is 68.9 cm³/mol. The van der Waals surface area contributed by atoms with E-state index in [0.717, 1.165) is 0 Å². The lowest BCUT2D eigenvalue weighted by molar-refractivity contribution is -0.219. The minimum Gasteiger partial charge on any atom is -0.474 e. The van der Waals surface area contributed by atoms with Crippen LogP contribution in [0.15, 0.2) is 24.4 Å². The van der Waals surface area contributed by atoms with Gasteiger partial charge in [0.25, 0.3) is 0 Å². The molecule has 2 saturated heterocycles. The molecule has 0 saturated carbocycles. The summed E-state index contributed by atoms with van der Waals surface area (Å²) in [5.41, 5.74) is -1.30. The van der Waals surface area contributed by atoms with E-state index in [0.29, 0.717) is 25.1 Å². The van der Waals surface area contributed by atoms with Crippen LogP contribution in [-0.2, 0) is 9.53 Å². The van der Waals surface area contributed by atoms with E-state index in [1.165, 1.54) is 0 Å². The Morgan fingerprint density at radius 1 is 1.41 bits per heavy atom. The summed E-state index contributed by atoms with van der Waals surface area (Å²) in [6, 6.07) is 5.16. The number of aromatic nitrogens is 1. The topological polar surface area (TPSA) is 60.5 Å². The van der Waals surface area contributed by atoms with Crippen molar-refractivity contribution in [3.05, 3.63) is 24.4 Å². The Morgan fingerprint density at radius 3 is 2.91 bits per heavy atom. The van der Waals surface area contributed by atoms with Crippen molar-refractivity contribution in [1.29, 1.82) is 0 Å². The van der Waals surface area contributed by atoms with Gasteiger partial charge in [-0.2, -0.15) is 13.2 Å². The number of hydrogen-bond donors (Lipinski definition) is 1. The number of pyridine rings is 1. The van der Waals surface area contributed by atoms with Crippen LogP contribution in [0.2, 0.25) is 0 Å². The van der Waals surface area contributed by atoms with Gasteiger partial charge in [0.05, 0.1) is 0 Å². The summed E-state index contributed by atoms with van der Waals surface area (Å²) < 4.78 is 47.7. The van der Waals surface area contributed by atoms with E-state index in [1.807, 2.05) is 0 Å². The van der Waals surface area contributed by atoms with Gasteiger partial charge < -0.3 is 9.47 Å². The first-order chi connectivity index (χ1) is 10.4. The van der Waals surface area contributed by atoms with Crippen LogP contribution in [-0.4, -0.2) is 35.0 Å².